The van der Waals surface area contributed by atoms with Crippen molar-refractivity contribution in [2.45, 2.75) is 24.5 Å². The number of nitrogens with zero attached hydrogens (tertiary/aromatic N) is 1. The van der Waals surface area contributed by atoms with Crippen LogP contribution in [0.25, 0.3) is 0 Å². The van der Waals surface area contributed by atoms with Crippen LogP contribution in [-0.4, -0.2) is 44.4 Å². The standard InChI is InChI=1S/C23H24N2O6S/c1-17-8-10-20(11-9-17)32(27,28)25(14-18-5-4-12-29-18)15-23(26)24-13-19-16-30-21-6-2-3-7-22(21)31-19/h2-12,19H,13-16H2,1H3,(H,24,26)/t19-/m0/s1. The van der Waals surface area contributed by atoms with Crippen molar-refractivity contribution in [3.05, 3.63) is 78.3 Å². The van der Waals surface area contributed by atoms with Crippen LogP contribution < -0.4 is 14.8 Å². The Hall–Kier alpha value is -3.30. The molecule has 0 aliphatic carbocycles. The van der Waals surface area contributed by atoms with E-state index >= 15 is 0 Å². The fourth-order valence-corrected chi connectivity index (χ4v) is 4.63. The zero-order chi connectivity index (χ0) is 22.6. The van der Waals surface area contributed by atoms with E-state index in [-0.39, 0.29) is 37.2 Å². The number of nitrogens with one attached hydrogen (secondary N) is 1. The number of rotatable bonds is 8. The maximum absolute atomic E-state index is 13.2. The van der Waals surface area contributed by atoms with E-state index < -0.39 is 15.9 Å². The summed E-state index contributed by atoms with van der Waals surface area (Å²) in [7, 11) is -3.92. The summed E-state index contributed by atoms with van der Waals surface area (Å²) in [5, 5.41) is 2.75. The number of carbonyl (C=O) groups excluding carboxylic acids is 1. The number of benzene rings is 2. The Bertz CT molecular complexity index is 1160. The second kappa shape index (κ2) is 9.46. The Labute approximate surface area is 186 Å². The molecule has 0 bridgehead atoms. The first-order valence-electron chi connectivity index (χ1n) is 10.2. The molecule has 4 rings (SSSR count). The highest BCUT2D eigenvalue weighted by Gasteiger charge is 2.28. The molecule has 1 aromatic heterocycles. The normalized spacial score (nSPS) is 15.5. The first-order chi connectivity index (χ1) is 15.4. The predicted octanol–water partition coefficient (Wildman–Crippen LogP) is 2.74. The zero-order valence-electron chi connectivity index (χ0n) is 17.6. The van der Waals surface area contributed by atoms with E-state index in [1.54, 1.807) is 30.3 Å². The number of ether oxygens (including phenoxy) is 2. The van der Waals surface area contributed by atoms with Crippen molar-refractivity contribution >= 4 is 15.9 Å². The van der Waals surface area contributed by atoms with E-state index in [1.165, 1.54) is 18.4 Å². The third kappa shape index (κ3) is 5.12. The number of hydrogen-bond donors (Lipinski definition) is 1. The van der Waals surface area contributed by atoms with Gasteiger partial charge >= 0.3 is 0 Å². The van der Waals surface area contributed by atoms with Crippen molar-refractivity contribution in [1.82, 2.24) is 9.62 Å². The van der Waals surface area contributed by atoms with Crippen molar-refractivity contribution in [3.8, 4) is 11.5 Å². The Morgan fingerprint density at radius 2 is 1.81 bits per heavy atom. The summed E-state index contributed by atoms with van der Waals surface area (Å²) in [6.07, 6.45) is 1.09. The third-order valence-corrected chi connectivity index (χ3v) is 6.79. The maximum atomic E-state index is 13.2. The fourth-order valence-electron chi connectivity index (χ4n) is 3.27. The summed E-state index contributed by atoms with van der Waals surface area (Å²) in [6.45, 7) is 1.93. The van der Waals surface area contributed by atoms with Gasteiger partial charge in [-0.1, -0.05) is 29.8 Å². The molecule has 168 valence electrons. The molecule has 0 radical (unpaired) electrons. The molecule has 9 heteroatoms. The Balaban J connectivity index is 1.42. The molecule has 0 saturated carbocycles. The summed E-state index contributed by atoms with van der Waals surface area (Å²) in [5.74, 6) is 1.26. The fraction of sp³-hybridized carbons (Fsp3) is 0.261. The quantitative estimate of drug-likeness (QED) is 0.560. The second-order valence-electron chi connectivity index (χ2n) is 7.47. The lowest BCUT2D eigenvalue weighted by atomic mass is 10.2. The first kappa shape index (κ1) is 21.9. The molecule has 2 aromatic carbocycles. The number of aryl methyl sites for hydroxylation is 1. The van der Waals surface area contributed by atoms with E-state index in [0.29, 0.717) is 17.3 Å². The lowest BCUT2D eigenvalue weighted by Crippen LogP contribution is -2.45. The lowest BCUT2D eigenvalue weighted by Gasteiger charge is -2.27. The number of sulfonamides is 1. The van der Waals surface area contributed by atoms with Crippen LogP contribution in [-0.2, 0) is 21.4 Å². The van der Waals surface area contributed by atoms with Gasteiger partial charge in [-0.2, -0.15) is 4.31 Å². The zero-order valence-corrected chi connectivity index (χ0v) is 18.4. The van der Waals surface area contributed by atoms with E-state index in [4.69, 9.17) is 13.9 Å². The highest BCUT2D eigenvalue weighted by Crippen LogP contribution is 2.30. The second-order valence-corrected chi connectivity index (χ2v) is 9.41. The largest absolute Gasteiger partial charge is 0.486 e. The van der Waals surface area contributed by atoms with Crippen molar-refractivity contribution < 1.29 is 27.1 Å². The van der Waals surface area contributed by atoms with Crippen LogP contribution >= 0.6 is 0 Å². The summed E-state index contributed by atoms with van der Waals surface area (Å²) < 4.78 is 44.3. The molecule has 0 saturated heterocycles. The molecule has 1 N–H and O–H groups in total. The molecule has 32 heavy (non-hydrogen) atoms. The minimum atomic E-state index is -3.92. The van der Waals surface area contributed by atoms with Crippen LogP contribution in [0.2, 0.25) is 0 Å². The molecule has 8 nitrogen and oxygen atoms in total. The van der Waals surface area contributed by atoms with Gasteiger partial charge in [-0.15, -0.1) is 0 Å². The molecule has 1 aliphatic rings. The van der Waals surface area contributed by atoms with E-state index in [2.05, 4.69) is 5.32 Å². The van der Waals surface area contributed by atoms with Crippen LogP contribution in [0, 0.1) is 6.92 Å². The number of hydrogen-bond acceptors (Lipinski definition) is 6. The van der Waals surface area contributed by atoms with Crippen molar-refractivity contribution in [2.75, 3.05) is 19.7 Å². The van der Waals surface area contributed by atoms with Crippen molar-refractivity contribution in [2.24, 2.45) is 0 Å². The summed E-state index contributed by atoms with van der Waals surface area (Å²) in [6, 6.07) is 17.1. The average molecular weight is 457 g/mol. The van der Waals surface area contributed by atoms with Crippen LogP contribution in [0.4, 0.5) is 0 Å². The van der Waals surface area contributed by atoms with Crippen LogP contribution in [0.1, 0.15) is 11.3 Å². The molecule has 1 aliphatic heterocycles. The average Bonchev–Trinajstić information content (AvgIpc) is 3.31. The number of carbonyl (C=O) groups is 1. The lowest BCUT2D eigenvalue weighted by molar-refractivity contribution is -0.121. The van der Waals surface area contributed by atoms with Gasteiger partial charge in [-0.05, 0) is 43.3 Å². The molecular formula is C23H24N2O6S. The monoisotopic (exact) mass is 456 g/mol. The van der Waals surface area contributed by atoms with Gasteiger partial charge in [0.15, 0.2) is 11.5 Å². The Morgan fingerprint density at radius 3 is 2.53 bits per heavy atom. The van der Waals surface area contributed by atoms with E-state index in [0.717, 1.165) is 9.87 Å². The summed E-state index contributed by atoms with van der Waals surface area (Å²) in [5.41, 5.74) is 0.940. The molecule has 1 amide bonds. The Morgan fingerprint density at radius 1 is 1.06 bits per heavy atom. The maximum Gasteiger partial charge on any atom is 0.243 e. The minimum Gasteiger partial charge on any atom is -0.486 e. The van der Waals surface area contributed by atoms with Gasteiger partial charge in [0, 0.05) is 0 Å². The van der Waals surface area contributed by atoms with Crippen molar-refractivity contribution in [3.63, 3.8) is 0 Å². The summed E-state index contributed by atoms with van der Waals surface area (Å²) in [4.78, 5) is 12.8. The molecule has 0 fully saturated rings. The summed E-state index contributed by atoms with van der Waals surface area (Å²) >= 11 is 0. The van der Waals surface area contributed by atoms with E-state index in [9.17, 15) is 13.2 Å². The molecule has 3 aromatic rings. The van der Waals surface area contributed by atoms with Gasteiger partial charge in [0.2, 0.25) is 15.9 Å². The number of para-hydroxylation sites is 2. The third-order valence-electron chi connectivity index (χ3n) is 4.99. The highest BCUT2D eigenvalue weighted by atomic mass is 32.2. The van der Waals surface area contributed by atoms with Gasteiger partial charge in [0.1, 0.15) is 18.5 Å². The number of furan rings is 1. The number of fused-ring (bicyclic) bond motifs is 1. The molecule has 1 atom stereocenters. The van der Waals surface area contributed by atoms with Gasteiger partial charge in [0.25, 0.3) is 0 Å². The van der Waals surface area contributed by atoms with Crippen molar-refractivity contribution in [1.29, 1.82) is 0 Å². The highest BCUT2D eigenvalue weighted by molar-refractivity contribution is 7.89. The molecule has 0 spiro atoms. The SMILES string of the molecule is Cc1ccc(S(=O)(=O)N(CC(=O)NC[C@H]2COc3ccccc3O2)Cc2ccco2)cc1. The topological polar surface area (TPSA) is 98.1 Å². The number of amides is 1. The van der Waals surface area contributed by atoms with Gasteiger partial charge in [-0.3, -0.25) is 4.79 Å². The van der Waals surface area contributed by atoms with Crippen LogP contribution in [0.15, 0.2) is 76.2 Å². The van der Waals surface area contributed by atoms with E-state index in [1.807, 2.05) is 25.1 Å². The molecule has 2 heterocycles. The smallest absolute Gasteiger partial charge is 0.243 e. The minimum absolute atomic E-state index is 0.0625. The molecular weight excluding hydrogens is 432 g/mol. The van der Waals surface area contributed by atoms with Gasteiger partial charge < -0.3 is 19.2 Å². The van der Waals surface area contributed by atoms with Crippen LogP contribution in [0.5, 0.6) is 11.5 Å². The Kier molecular flexibility index (Phi) is 6.48. The van der Waals surface area contributed by atoms with Gasteiger partial charge in [-0.25, -0.2) is 8.42 Å². The molecule has 0 unspecified atom stereocenters. The van der Waals surface area contributed by atoms with Crippen LogP contribution in [0.3, 0.4) is 0 Å². The first-order valence-corrected chi connectivity index (χ1v) is 11.6. The predicted molar refractivity (Wildman–Crippen MR) is 117 cm³/mol. The van der Waals surface area contributed by atoms with Gasteiger partial charge in [0.05, 0.1) is 30.8 Å².